The fourth-order valence-electron chi connectivity index (χ4n) is 2.66. The van der Waals surface area contributed by atoms with Crippen molar-refractivity contribution in [3.05, 3.63) is 47.3 Å². The van der Waals surface area contributed by atoms with Crippen molar-refractivity contribution in [2.75, 3.05) is 26.7 Å². The van der Waals surface area contributed by atoms with Gasteiger partial charge in [-0.25, -0.2) is 0 Å². The molecule has 0 unspecified atom stereocenters. The number of nitrogens with one attached hydrogen (secondary N) is 2. The number of aromatic nitrogens is 1. The number of carbonyl (C=O) groups excluding carboxylic acids is 1. The number of rotatable bonds is 7. The lowest BCUT2D eigenvalue weighted by Crippen LogP contribution is -2.31. The fraction of sp³-hybridized carbons (Fsp3) is 0.389. The quantitative estimate of drug-likeness (QED) is 0.754. The van der Waals surface area contributed by atoms with Crippen LogP contribution < -0.4 is 15.4 Å². The molecule has 6 heteroatoms. The lowest BCUT2D eigenvalue weighted by molar-refractivity contribution is 0.0953. The number of nitrogens with zero attached hydrogens (tertiary/aromatic N) is 1. The van der Waals surface area contributed by atoms with Gasteiger partial charge >= 0.3 is 0 Å². The summed E-state index contributed by atoms with van der Waals surface area (Å²) >= 11 is 0. The molecule has 0 aliphatic heterocycles. The number of amides is 1. The summed E-state index contributed by atoms with van der Waals surface area (Å²) in [5.41, 5.74) is 3.71. The molecule has 1 aromatic heterocycles. The topological polar surface area (TPSA) is 55.3 Å². The second-order valence-corrected chi connectivity index (χ2v) is 5.43. The van der Waals surface area contributed by atoms with Crippen molar-refractivity contribution < 1.29 is 9.53 Å². The number of benzene rings is 1. The van der Waals surface area contributed by atoms with Crippen LogP contribution in [0.4, 0.5) is 0 Å². The molecule has 1 amide bonds. The third-order valence-electron chi connectivity index (χ3n) is 3.84. The molecule has 132 valence electrons. The monoisotopic (exact) mass is 351 g/mol. The number of ether oxygens (including phenoxy) is 1. The second kappa shape index (κ2) is 9.35. The lowest BCUT2D eigenvalue weighted by atomic mass is 10.2. The first-order chi connectivity index (χ1) is 11.1. The number of hydrogen-bond donors (Lipinski definition) is 2. The zero-order valence-electron chi connectivity index (χ0n) is 14.7. The fourth-order valence-corrected chi connectivity index (χ4v) is 2.66. The lowest BCUT2D eigenvalue weighted by Gasteiger charge is -2.11. The van der Waals surface area contributed by atoms with Crippen LogP contribution >= 0.6 is 12.4 Å². The Morgan fingerprint density at radius 3 is 2.42 bits per heavy atom. The number of hydrogen-bond acceptors (Lipinski definition) is 3. The molecule has 0 spiro atoms. The second-order valence-electron chi connectivity index (χ2n) is 5.43. The molecule has 0 aliphatic rings. The molecule has 24 heavy (non-hydrogen) atoms. The van der Waals surface area contributed by atoms with Gasteiger partial charge in [-0.15, -0.1) is 12.4 Å². The van der Waals surface area contributed by atoms with E-state index >= 15 is 0 Å². The zero-order valence-corrected chi connectivity index (χ0v) is 15.5. The Hall–Kier alpha value is -1.98. The van der Waals surface area contributed by atoms with Crippen LogP contribution in [0.15, 0.2) is 30.3 Å². The van der Waals surface area contributed by atoms with Crippen molar-refractivity contribution in [2.24, 2.45) is 0 Å². The molecular formula is C18H26ClN3O2. The summed E-state index contributed by atoms with van der Waals surface area (Å²) in [5, 5.41) is 6.14. The maximum absolute atomic E-state index is 12.4. The number of aryl methyl sites for hydroxylation is 1. The minimum Gasteiger partial charge on any atom is -0.497 e. The first-order valence-electron chi connectivity index (χ1n) is 7.90. The number of likely N-dealkylation sites (N-methyl/N-ethyl adjacent to an activating group) is 1. The standard InChI is InChI=1S/C18H25N3O2.ClH/c1-5-19-10-11-20-18(22)17-12-13(2)21(14(17)3)15-6-8-16(23-4)9-7-15;/h6-9,12,19H,5,10-11H2,1-4H3,(H,20,22);1H. The first-order valence-corrected chi connectivity index (χ1v) is 7.90. The largest absolute Gasteiger partial charge is 0.497 e. The van der Waals surface area contributed by atoms with E-state index in [1.807, 2.05) is 51.1 Å². The van der Waals surface area contributed by atoms with Crippen molar-refractivity contribution in [2.45, 2.75) is 20.8 Å². The molecule has 1 aromatic carbocycles. The van der Waals surface area contributed by atoms with Crippen molar-refractivity contribution >= 4 is 18.3 Å². The first kappa shape index (κ1) is 20.1. The Bertz CT molecular complexity index is 666. The minimum absolute atomic E-state index is 0. The Balaban J connectivity index is 0.00000288. The van der Waals surface area contributed by atoms with E-state index in [1.54, 1.807) is 7.11 Å². The summed E-state index contributed by atoms with van der Waals surface area (Å²) < 4.78 is 7.28. The molecule has 1 heterocycles. The Morgan fingerprint density at radius 2 is 1.83 bits per heavy atom. The van der Waals surface area contributed by atoms with Gasteiger partial charge in [0.05, 0.1) is 12.7 Å². The third kappa shape index (κ3) is 4.52. The summed E-state index contributed by atoms with van der Waals surface area (Å²) in [6, 6.07) is 9.76. The molecule has 0 saturated heterocycles. The highest BCUT2D eigenvalue weighted by Gasteiger charge is 2.16. The summed E-state index contributed by atoms with van der Waals surface area (Å²) in [6.45, 7) is 8.33. The van der Waals surface area contributed by atoms with Crippen LogP contribution in [-0.4, -0.2) is 37.2 Å². The highest BCUT2D eigenvalue weighted by atomic mass is 35.5. The van der Waals surface area contributed by atoms with Crippen LogP contribution in [0.2, 0.25) is 0 Å². The summed E-state index contributed by atoms with van der Waals surface area (Å²) in [7, 11) is 1.65. The Kier molecular flexibility index (Phi) is 7.82. The molecule has 5 nitrogen and oxygen atoms in total. The van der Waals surface area contributed by atoms with E-state index < -0.39 is 0 Å². The van der Waals surface area contributed by atoms with Crippen LogP contribution in [0.25, 0.3) is 5.69 Å². The van der Waals surface area contributed by atoms with Crippen LogP contribution in [-0.2, 0) is 0 Å². The third-order valence-corrected chi connectivity index (χ3v) is 3.84. The zero-order chi connectivity index (χ0) is 16.8. The average Bonchev–Trinajstić information content (AvgIpc) is 2.86. The van der Waals surface area contributed by atoms with Gasteiger partial charge in [-0.2, -0.15) is 0 Å². The van der Waals surface area contributed by atoms with Crippen molar-refractivity contribution in [1.82, 2.24) is 15.2 Å². The van der Waals surface area contributed by atoms with Gasteiger partial charge in [-0.3, -0.25) is 4.79 Å². The number of methoxy groups -OCH3 is 1. The normalized spacial score (nSPS) is 10.2. The molecule has 0 atom stereocenters. The van der Waals surface area contributed by atoms with Crippen LogP contribution in [0.3, 0.4) is 0 Å². The van der Waals surface area contributed by atoms with E-state index in [4.69, 9.17) is 4.74 Å². The van der Waals surface area contributed by atoms with Gasteiger partial charge in [0.2, 0.25) is 0 Å². The van der Waals surface area contributed by atoms with E-state index in [-0.39, 0.29) is 18.3 Å². The summed E-state index contributed by atoms with van der Waals surface area (Å²) in [6.07, 6.45) is 0. The van der Waals surface area contributed by atoms with Gasteiger partial charge in [0, 0.05) is 30.2 Å². The average molecular weight is 352 g/mol. The van der Waals surface area contributed by atoms with Gasteiger partial charge in [-0.1, -0.05) is 6.92 Å². The van der Waals surface area contributed by atoms with Gasteiger partial charge < -0.3 is 19.9 Å². The highest BCUT2D eigenvalue weighted by molar-refractivity contribution is 5.95. The van der Waals surface area contributed by atoms with Crippen LogP contribution in [0.5, 0.6) is 5.75 Å². The molecular weight excluding hydrogens is 326 g/mol. The SMILES string of the molecule is CCNCCNC(=O)c1cc(C)n(-c2ccc(OC)cc2)c1C.Cl. The van der Waals surface area contributed by atoms with E-state index in [2.05, 4.69) is 15.2 Å². The van der Waals surface area contributed by atoms with Gasteiger partial charge in [0.25, 0.3) is 5.91 Å². The predicted octanol–water partition coefficient (Wildman–Crippen LogP) is 2.86. The molecule has 2 N–H and O–H groups in total. The van der Waals surface area contributed by atoms with Crippen molar-refractivity contribution in [3.8, 4) is 11.4 Å². The predicted molar refractivity (Wildman–Crippen MR) is 99.9 cm³/mol. The van der Waals surface area contributed by atoms with Gasteiger partial charge in [0.15, 0.2) is 0 Å². The molecule has 2 aromatic rings. The van der Waals surface area contributed by atoms with E-state index in [0.29, 0.717) is 6.54 Å². The van der Waals surface area contributed by atoms with Crippen LogP contribution in [0, 0.1) is 13.8 Å². The Labute approximate surface area is 149 Å². The molecule has 0 bridgehead atoms. The van der Waals surface area contributed by atoms with Gasteiger partial charge in [-0.05, 0) is 50.7 Å². The molecule has 0 radical (unpaired) electrons. The maximum Gasteiger partial charge on any atom is 0.253 e. The summed E-state index contributed by atoms with van der Waals surface area (Å²) in [4.78, 5) is 12.4. The smallest absolute Gasteiger partial charge is 0.253 e. The number of halogens is 1. The maximum atomic E-state index is 12.4. The number of carbonyl (C=O) groups is 1. The minimum atomic E-state index is -0.0317. The van der Waals surface area contributed by atoms with E-state index in [0.717, 1.165) is 41.5 Å². The molecule has 0 fully saturated rings. The molecule has 2 rings (SSSR count). The van der Waals surface area contributed by atoms with Crippen molar-refractivity contribution in [3.63, 3.8) is 0 Å². The molecule has 0 aliphatic carbocycles. The van der Waals surface area contributed by atoms with E-state index in [1.165, 1.54) is 0 Å². The highest BCUT2D eigenvalue weighted by Crippen LogP contribution is 2.22. The van der Waals surface area contributed by atoms with E-state index in [9.17, 15) is 4.79 Å². The Morgan fingerprint density at radius 1 is 1.17 bits per heavy atom. The molecule has 0 saturated carbocycles. The summed E-state index contributed by atoms with van der Waals surface area (Å²) in [5.74, 6) is 0.786. The van der Waals surface area contributed by atoms with Gasteiger partial charge in [0.1, 0.15) is 5.75 Å². The van der Waals surface area contributed by atoms with Crippen molar-refractivity contribution in [1.29, 1.82) is 0 Å². The van der Waals surface area contributed by atoms with Crippen LogP contribution in [0.1, 0.15) is 28.7 Å².